The second-order valence-electron chi connectivity index (χ2n) is 5.55. The summed E-state index contributed by atoms with van der Waals surface area (Å²) >= 11 is 0. The van der Waals surface area contributed by atoms with Crippen molar-refractivity contribution in [1.29, 1.82) is 0 Å². The van der Waals surface area contributed by atoms with E-state index in [1.165, 1.54) is 10.9 Å². The van der Waals surface area contributed by atoms with Crippen LogP contribution in [0.3, 0.4) is 0 Å². The number of hydrogen-bond donors (Lipinski definition) is 1. The number of benzene rings is 1. The van der Waals surface area contributed by atoms with Crippen LogP contribution in [-0.2, 0) is 0 Å². The van der Waals surface area contributed by atoms with Gasteiger partial charge in [0.1, 0.15) is 0 Å². The lowest BCUT2D eigenvalue weighted by molar-refractivity contribution is 0.432. The molecule has 2 rings (SSSR count). The number of aromatic nitrogens is 1. The van der Waals surface area contributed by atoms with Crippen molar-refractivity contribution in [1.82, 2.24) is 10.3 Å². The van der Waals surface area contributed by atoms with E-state index in [0.29, 0.717) is 12.0 Å². The van der Waals surface area contributed by atoms with Crippen LogP contribution in [0.5, 0.6) is 0 Å². The number of rotatable bonds is 6. The van der Waals surface area contributed by atoms with Gasteiger partial charge in [0.15, 0.2) is 0 Å². The number of nitrogens with zero attached hydrogens (tertiary/aromatic N) is 1. The molecule has 0 radical (unpaired) electrons. The highest BCUT2D eigenvalue weighted by atomic mass is 14.9. The standard InChI is InChI=1S/C17H24N2/c1-4-10-18-17(12-13(2)3)15-7-5-9-16-14(15)8-6-11-19-16/h5-9,11,13,17-18H,4,10,12H2,1-3H3. The van der Waals surface area contributed by atoms with Gasteiger partial charge in [-0.15, -0.1) is 0 Å². The molecule has 0 spiro atoms. The van der Waals surface area contributed by atoms with E-state index >= 15 is 0 Å². The maximum absolute atomic E-state index is 4.46. The van der Waals surface area contributed by atoms with Gasteiger partial charge < -0.3 is 5.32 Å². The van der Waals surface area contributed by atoms with Crippen molar-refractivity contribution in [2.24, 2.45) is 5.92 Å². The molecule has 1 heterocycles. The van der Waals surface area contributed by atoms with Crippen molar-refractivity contribution in [3.05, 3.63) is 42.1 Å². The molecular formula is C17H24N2. The molecule has 1 aromatic heterocycles. The molecule has 0 aliphatic rings. The Balaban J connectivity index is 2.37. The van der Waals surface area contributed by atoms with Gasteiger partial charge in [0.25, 0.3) is 0 Å². The van der Waals surface area contributed by atoms with Gasteiger partial charge in [0.2, 0.25) is 0 Å². The molecule has 102 valence electrons. The monoisotopic (exact) mass is 256 g/mol. The largest absolute Gasteiger partial charge is 0.310 e. The minimum absolute atomic E-state index is 0.424. The number of hydrogen-bond acceptors (Lipinski definition) is 2. The van der Waals surface area contributed by atoms with Crippen molar-refractivity contribution in [3.8, 4) is 0 Å². The summed E-state index contributed by atoms with van der Waals surface area (Å²) < 4.78 is 0. The molecule has 0 bridgehead atoms. The Labute approximate surface area is 116 Å². The molecule has 1 aromatic carbocycles. The molecule has 0 saturated carbocycles. The second-order valence-corrected chi connectivity index (χ2v) is 5.55. The normalized spacial score (nSPS) is 13.1. The Kier molecular flexibility index (Phi) is 4.92. The summed E-state index contributed by atoms with van der Waals surface area (Å²) in [4.78, 5) is 4.46. The van der Waals surface area contributed by atoms with E-state index < -0.39 is 0 Å². The molecule has 2 aromatic rings. The molecule has 1 N–H and O–H groups in total. The quantitative estimate of drug-likeness (QED) is 0.832. The van der Waals surface area contributed by atoms with Gasteiger partial charge in [0.05, 0.1) is 5.52 Å². The second kappa shape index (κ2) is 6.67. The molecule has 1 unspecified atom stereocenters. The van der Waals surface area contributed by atoms with Crippen LogP contribution in [0.1, 0.15) is 45.2 Å². The zero-order valence-electron chi connectivity index (χ0n) is 12.2. The van der Waals surface area contributed by atoms with Crippen molar-refractivity contribution < 1.29 is 0 Å². The first kappa shape index (κ1) is 14.0. The third-order valence-electron chi connectivity index (χ3n) is 3.40. The van der Waals surface area contributed by atoms with Crippen LogP contribution in [0.2, 0.25) is 0 Å². The van der Waals surface area contributed by atoms with E-state index in [0.717, 1.165) is 24.9 Å². The molecule has 0 fully saturated rings. The van der Waals surface area contributed by atoms with Gasteiger partial charge in [-0.3, -0.25) is 4.98 Å². The Hall–Kier alpha value is -1.41. The van der Waals surface area contributed by atoms with E-state index in [1.54, 1.807) is 0 Å². The third-order valence-corrected chi connectivity index (χ3v) is 3.40. The van der Waals surface area contributed by atoms with Crippen molar-refractivity contribution in [2.45, 2.75) is 39.7 Å². The molecule has 2 heteroatoms. The highest BCUT2D eigenvalue weighted by Gasteiger charge is 2.15. The zero-order valence-corrected chi connectivity index (χ0v) is 12.2. The van der Waals surface area contributed by atoms with Crippen LogP contribution in [0, 0.1) is 5.92 Å². The molecule has 0 saturated heterocycles. The molecular weight excluding hydrogens is 232 g/mol. The maximum Gasteiger partial charge on any atom is 0.0705 e. The van der Waals surface area contributed by atoms with Gasteiger partial charge in [-0.25, -0.2) is 0 Å². The van der Waals surface area contributed by atoms with Crippen LogP contribution in [-0.4, -0.2) is 11.5 Å². The molecule has 0 aliphatic carbocycles. The summed E-state index contributed by atoms with van der Waals surface area (Å²) in [5, 5.41) is 4.96. The maximum atomic E-state index is 4.46. The topological polar surface area (TPSA) is 24.9 Å². The molecule has 0 aliphatic heterocycles. The van der Waals surface area contributed by atoms with Crippen LogP contribution in [0.4, 0.5) is 0 Å². The predicted octanol–water partition coefficient (Wildman–Crippen LogP) is 4.32. The summed E-state index contributed by atoms with van der Waals surface area (Å²) in [6.07, 6.45) is 4.19. The highest BCUT2D eigenvalue weighted by Crippen LogP contribution is 2.27. The lowest BCUT2D eigenvalue weighted by Gasteiger charge is -2.22. The van der Waals surface area contributed by atoms with Gasteiger partial charge in [-0.2, -0.15) is 0 Å². The fourth-order valence-corrected chi connectivity index (χ4v) is 2.54. The van der Waals surface area contributed by atoms with Crippen molar-refractivity contribution in [2.75, 3.05) is 6.54 Å². The van der Waals surface area contributed by atoms with Crippen LogP contribution >= 0.6 is 0 Å². The molecule has 2 nitrogen and oxygen atoms in total. The Morgan fingerprint density at radius 1 is 1.16 bits per heavy atom. The van der Waals surface area contributed by atoms with Gasteiger partial charge in [0, 0.05) is 17.6 Å². The number of nitrogens with one attached hydrogen (secondary N) is 1. The first-order chi connectivity index (χ1) is 9.22. The third kappa shape index (κ3) is 3.54. The summed E-state index contributed by atoms with van der Waals surface area (Å²) in [6.45, 7) is 7.84. The van der Waals surface area contributed by atoms with E-state index in [1.807, 2.05) is 12.3 Å². The van der Waals surface area contributed by atoms with Crippen molar-refractivity contribution in [3.63, 3.8) is 0 Å². The first-order valence-electron chi connectivity index (χ1n) is 7.29. The van der Waals surface area contributed by atoms with Gasteiger partial charge >= 0.3 is 0 Å². The van der Waals surface area contributed by atoms with E-state index in [4.69, 9.17) is 0 Å². The van der Waals surface area contributed by atoms with Crippen LogP contribution < -0.4 is 5.32 Å². The Morgan fingerprint density at radius 3 is 2.74 bits per heavy atom. The average molecular weight is 256 g/mol. The van der Waals surface area contributed by atoms with E-state index in [9.17, 15) is 0 Å². The lowest BCUT2D eigenvalue weighted by Crippen LogP contribution is -2.23. The highest BCUT2D eigenvalue weighted by molar-refractivity contribution is 5.82. The van der Waals surface area contributed by atoms with Crippen molar-refractivity contribution >= 4 is 10.9 Å². The smallest absolute Gasteiger partial charge is 0.0705 e. The number of fused-ring (bicyclic) bond motifs is 1. The van der Waals surface area contributed by atoms with Crippen LogP contribution in [0.15, 0.2) is 36.5 Å². The number of pyridine rings is 1. The summed E-state index contributed by atoms with van der Waals surface area (Å²) in [6, 6.07) is 11.1. The summed E-state index contributed by atoms with van der Waals surface area (Å²) in [5.41, 5.74) is 2.47. The van der Waals surface area contributed by atoms with Gasteiger partial charge in [-0.1, -0.05) is 39.0 Å². The van der Waals surface area contributed by atoms with E-state index in [2.05, 4.69) is 55.3 Å². The first-order valence-corrected chi connectivity index (χ1v) is 7.29. The summed E-state index contributed by atoms with van der Waals surface area (Å²) in [7, 11) is 0. The summed E-state index contributed by atoms with van der Waals surface area (Å²) in [5.74, 6) is 0.682. The minimum Gasteiger partial charge on any atom is -0.310 e. The predicted molar refractivity (Wildman–Crippen MR) is 82.2 cm³/mol. The van der Waals surface area contributed by atoms with E-state index in [-0.39, 0.29) is 0 Å². The fourth-order valence-electron chi connectivity index (χ4n) is 2.54. The fraction of sp³-hybridized carbons (Fsp3) is 0.471. The molecule has 0 amide bonds. The lowest BCUT2D eigenvalue weighted by atomic mass is 9.94. The Morgan fingerprint density at radius 2 is 2.00 bits per heavy atom. The SMILES string of the molecule is CCCNC(CC(C)C)c1cccc2ncccc12. The molecule has 1 atom stereocenters. The van der Waals surface area contributed by atoms with Gasteiger partial charge in [-0.05, 0) is 43.0 Å². The minimum atomic E-state index is 0.424. The average Bonchev–Trinajstić information content (AvgIpc) is 2.42. The molecule has 19 heavy (non-hydrogen) atoms. The van der Waals surface area contributed by atoms with Crippen LogP contribution in [0.25, 0.3) is 10.9 Å². The zero-order chi connectivity index (χ0) is 13.7. The Bertz CT molecular complexity index is 514.